The van der Waals surface area contributed by atoms with E-state index in [-0.39, 0.29) is 11.9 Å². The third-order valence-corrected chi connectivity index (χ3v) is 3.31. The van der Waals surface area contributed by atoms with Gasteiger partial charge in [-0.1, -0.05) is 23.7 Å². The van der Waals surface area contributed by atoms with Gasteiger partial charge in [-0.15, -0.1) is 0 Å². The summed E-state index contributed by atoms with van der Waals surface area (Å²) in [7, 11) is 1.76. The molecule has 1 amide bonds. The van der Waals surface area contributed by atoms with Crippen molar-refractivity contribution in [2.24, 2.45) is 0 Å². The van der Waals surface area contributed by atoms with Crippen molar-refractivity contribution in [2.45, 2.75) is 19.4 Å². The second-order valence-corrected chi connectivity index (χ2v) is 4.89. The Balaban J connectivity index is 2.01. The van der Waals surface area contributed by atoms with Gasteiger partial charge in [-0.25, -0.2) is 0 Å². The molecule has 6 heteroatoms. The normalized spacial score (nSPS) is 12.2. The molecular weight excluding hydrogens is 264 g/mol. The standard InChI is InChI=1S/C13H15ClN4O/c1-9(7-10-3-5-11(14)6-4-10)18(2)13(19)12-8-15-17-16-12/h3-6,8-9H,7H2,1-2H3,(H,15,16,17)/t9-/m1/s1. The lowest BCUT2D eigenvalue weighted by Gasteiger charge is -2.24. The Morgan fingerprint density at radius 1 is 1.42 bits per heavy atom. The lowest BCUT2D eigenvalue weighted by molar-refractivity contribution is 0.0737. The molecule has 1 atom stereocenters. The zero-order chi connectivity index (χ0) is 13.8. The fourth-order valence-corrected chi connectivity index (χ4v) is 1.91. The van der Waals surface area contributed by atoms with Crippen LogP contribution in [-0.4, -0.2) is 39.3 Å². The van der Waals surface area contributed by atoms with Crippen molar-refractivity contribution in [1.82, 2.24) is 20.3 Å². The molecule has 0 aliphatic carbocycles. The maximum Gasteiger partial charge on any atom is 0.276 e. The summed E-state index contributed by atoms with van der Waals surface area (Å²) in [5.41, 5.74) is 1.46. The van der Waals surface area contributed by atoms with Crippen LogP contribution in [0.2, 0.25) is 5.02 Å². The molecule has 0 saturated heterocycles. The number of hydrogen-bond donors (Lipinski definition) is 1. The van der Waals surface area contributed by atoms with Crippen LogP contribution in [0.25, 0.3) is 0 Å². The topological polar surface area (TPSA) is 61.9 Å². The Morgan fingerprint density at radius 2 is 2.11 bits per heavy atom. The highest BCUT2D eigenvalue weighted by atomic mass is 35.5. The molecule has 0 aliphatic rings. The summed E-state index contributed by atoms with van der Waals surface area (Å²) in [4.78, 5) is 13.7. The molecule has 1 N–H and O–H groups in total. The van der Waals surface area contributed by atoms with Crippen LogP contribution >= 0.6 is 11.6 Å². The quantitative estimate of drug-likeness (QED) is 0.932. The number of benzene rings is 1. The van der Waals surface area contributed by atoms with Crippen LogP contribution in [0.1, 0.15) is 23.0 Å². The van der Waals surface area contributed by atoms with Gasteiger partial charge in [-0.2, -0.15) is 15.4 Å². The SMILES string of the molecule is C[C@H](Cc1ccc(Cl)cc1)N(C)C(=O)c1cn[nH]n1. The minimum atomic E-state index is -0.143. The van der Waals surface area contributed by atoms with Crippen molar-refractivity contribution >= 4 is 17.5 Å². The van der Waals surface area contributed by atoms with Gasteiger partial charge >= 0.3 is 0 Å². The first-order valence-electron chi connectivity index (χ1n) is 5.95. The van der Waals surface area contributed by atoms with Gasteiger partial charge < -0.3 is 4.90 Å². The summed E-state index contributed by atoms with van der Waals surface area (Å²) in [6.45, 7) is 1.99. The van der Waals surface area contributed by atoms with E-state index in [1.165, 1.54) is 6.20 Å². The van der Waals surface area contributed by atoms with Crippen molar-refractivity contribution in [3.05, 3.63) is 46.7 Å². The highest BCUT2D eigenvalue weighted by Crippen LogP contribution is 2.13. The Hall–Kier alpha value is -1.88. The van der Waals surface area contributed by atoms with Crippen molar-refractivity contribution in [2.75, 3.05) is 7.05 Å². The van der Waals surface area contributed by atoms with E-state index in [0.717, 1.165) is 12.0 Å². The van der Waals surface area contributed by atoms with Crippen LogP contribution < -0.4 is 0 Å². The number of H-pyrrole nitrogens is 1. The van der Waals surface area contributed by atoms with E-state index in [9.17, 15) is 4.79 Å². The summed E-state index contributed by atoms with van der Waals surface area (Å²) >= 11 is 5.85. The summed E-state index contributed by atoms with van der Waals surface area (Å²) < 4.78 is 0. The minimum Gasteiger partial charge on any atom is -0.337 e. The lowest BCUT2D eigenvalue weighted by atomic mass is 10.1. The van der Waals surface area contributed by atoms with Crippen LogP contribution in [0.15, 0.2) is 30.5 Å². The molecular formula is C13H15ClN4O. The van der Waals surface area contributed by atoms with Crippen molar-refractivity contribution < 1.29 is 4.79 Å². The Morgan fingerprint density at radius 3 is 2.68 bits per heavy atom. The fraction of sp³-hybridized carbons (Fsp3) is 0.308. The zero-order valence-corrected chi connectivity index (χ0v) is 11.6. The summed E-state index contributed by atoms with van der Waals surface area (Å²) in [6, 6.07) is 7.69. The maximum absolute atomic E-state index is 12.1. The first-order chi connectivity index (χ1) is 9.08. The van der Waals surface area contributed by atoms with Gasteiger partial charge in [0.1, 0.15) is 0 Å². The summed E-state index contributed by atoms with van der Waals surface area (Å²) in [5.74, 6) is -0.143. The number of hydrogen-bond acceptors (Lipinski definition) is 3. The second kappa shape index (κ2) is 5.84. The molecule has 0 saturated carbocycles. The van der Waals surface area contributed by atoms with Crippen LogP contribution in [0.5, 0.6) is 0 Å². The molecule has 1 aromatic carbocycles. The third kappa shape index (κ3) is 3.32. The van der Waals surface area contributed by atoms with Crippen LogP contribution in [-0.2, 0) is 6.42 Å². The molecule has 0 aliphatic heterocycles. The van der Waals surface area contributed by atoms with Crippen molar-refractivity contribution in [3.8, 4) is 0 Å². The van der Waals surface area contributed by atoms with E-state index >= 15 is 0 Å². The summed E-state index contributed by atoms with van der Waals surface area (Å²) in [6.07, 6.45) is 2.19. The molecule has 0 bridgehead atoms. The molecule has 1 aromatic heterocycles. The van der Waals surface area contributed by atoms with Gasteiger partial charge in [0.25, 0.3) is 5.91 Å². The number of nitrogens with one attached hydrogen (secondary N) is 1. The van der Waals surface area contributed by atoms with Crippen molar-refractivity contribution in [3.63, 3.8) is 0 Å². The van der Waals surface area contributed by atoms with E-state index in [4.69, 9.17) is 11.6 Å². The fourth-order valence-electron chi connectivity index (χ4n) is 1.78. The number of nitrogens with zero attached hydrogens (tertiary/aromatic N) is 3. The molecule has 2 aromatic rings. The predicted octanol–water partition coefficient (Wildman–Crippen LogP) is 2.16. The van der Waals surface area contributed by atoms with Crippen LogP contribution in [0, 0.1) is 0 Å². The molecule has 1 heterocycles. The Kier molecular flexibility index (Phi) is 4.16. The second-order valence-electron chi connectivity index (χ2n) is 4.45. The number of aromatic nitrogens is 3. The predicted molar refractivity (Wildman–Crippen MR) is 73.1 cm³/mol. The number of carbonyl (C=O) groups excluding carboxylic acids is 1. The molecule has 0 spiro atoms. The third-order valence-electron chi connectivity index (χ3n) is 3.06. The smallest absolute Gasteiger partial charge is 0.276 e. The van der Waals surface area contributed by atoms with Crippen LogP contribution in [0.3, 0.4) is 0 Å². The monoisotopic (exact) mass is 278 g/mol. The first-order valence-corrected chi connectivity index (χ1v) is 6.33. The molecule has 0 radical (unpaired) electrons. The zero-order valence-electron chi connectivity index (χ0n) is 10.8. The molecule has 19 heavy (non-hydrogen) atoms. The summed E-state index contributed by atoms with van der Waals surface area (Å²) in [5, 5.41) is 10.6. The van der Waals surface area contributed by atoms with E-state index in [2.05, 4.69) is 15.4 Å². The highest BCUT2D eigenvalue weighted by molar-refractivity contribution is 6.30. The average Bonchev–Trinajstić information content (AvgIpc) is 2.93. The van der Waals surface area contributed by atoms with E-state index in [0.29, 0.717) is 10.7 Å². The number of halogens is 1. The first kappa shape index (κ1) is 13.5. The molecule has 2 rings (SSSR count). The van der Waals surface area contributed by atoms with E-state index in [1.807, 2.05) is 31.2 Å². The molecule has 0 fully saturated rings. The number of rotatable bonds is 4. The lowest BCUT2D eigenvalue weighted by Crippen LogP contribution is -2.36. The Bertz CT molecular complexity index is 538. The van der Waals surface area contributed by atoms with Gasteiger partial charge in [0.05, 0.1) is 6.20 Å². The average molecular weight is 279 g/mol. The highest BCUT2D eigenvalue weighted by Gasteiger charge is 2.19. The Labute approximate surface area is 116 Å². The number of carbonyl (C=O) groups is 1. The number of aromatic amines is 1. The maximum atomic E-state index is 12.1. The largest absolute Gasteiger partial charge is 0.337 e. The van der Waals surface area contributed by atoms with Crippen LogP contribution in [0.4, 0.5) is 0 Å². The molecule has 0 unspecified atom stereocenters. The van der Waals surface area contributed by atoms with Crippen molar-refractivity contribution in [1.29, 1.82) is 0 Å². The van der Waals surface area contributed by atoms with E-state index in [1.54, 1.807) is 11.9 Å². The number of likely N-dealkylation sites (N-methyl/N-ethyl adjacent to an activating group) is 1. The van der Waals surface area contributed by atoms with Gasteiger partial charge in [0.15, 0.2) is 5.69 Å². The van der Waals surface area contributed by atoms with Gasteiger partial charge in [0.2, 0.25) is 0 Å². The molecule has 5 nitrogen and oxygen atoms in total. The minimum absolute atomic E-state index is 0.0605. The van der Waals surface area contributed by atoms with Gasteiger partial charge in [0, 0.05) is 18.1 Å². The van der Waals surface area contributed by atoms with Gasteiger partial charge in [-0.3, -0.25) is 4.79 Å². The van der Waals surface area contributed by atoms with E-state index < -0.39 is 0 Å². The number of amides is 1. The van der Waals surface area contributed by atoms with Gasteiger partial charge in [-0.05, 0) is 31.0 Å². The molecule has 100 valence electrons.